The average Bonchev–Trinajstić information content (AvgIpc) is 3.10. The van der Waals surface area contributed by atoms with Crippen LogP contribution in [0.25, 0.3) is 27.9 Å². The lowest BCUT2D eigenvalue weighted by molar-refractivity contribution is 0.0955. The van der Waals surface area contributed by atoms with E-state index in [1.165, 1.54) is 19.3 Å². The van der Waals surface area contributed by atoms with Crippen molar-refractivity contribution in [1.82, 2.24) is 19.9 Å². The Bertz CT molecular complexity index is 1230. The van der Waals surface area contributed by atoms with E-state index >= 15 is 0 Å². The number of benzene rings is 2. The second-order valence-electron chi connectivity index (χ2n) is 7.85. The van der Waals surface area contributed by atoms with E-state index in [-0.39, 0.29) is 5.91 Å². The molecule has 1 amide bonds. The Morgan fingerprint density at radius 2 is 1.69 bits per heavy atom. The van der Waals surface area contributed by atoms with E-state index in [1.54, 1.807) is 11.7 Å². The van der Waals surface area contributed by atoms with Crippen molar-refractivity contribution in [3.05, 3.63) is 54.1 Å². The maximum atomic E-state index is 13.2. The molecule has 2 aromatic carbocycles. The van der Waals surface area contributed by atoms with Crippen LogP contribution in [0, 0.1) is 0 Å². The van der Waals surface area contributed by atoms with Crippen LogP contribution < -0.4 is 15.8 Å². The van der Waals surface area contributed by atoms with Gasteiger partial charge in [0.15, 0.2) is 5.65 Å². The number of carbonyl (C=O) groups is 1. The molecule has 0 bridgehead atoms. The summed E-state index contributed by atoms with van der Waals surface area (Å²) < 4.78 is 7.05. The minimum atomic E-state index is -0.222. The van der Waals surface area contributed by atoms with Crippen LogP contribution in [-0.4, -0.2) is 34.1 Å². The Kier molecular flexibility index (Phi) is 6.54. The van der Waals surface area contributed by atoms with Gasteiger partial charge in [-0.05, 0) is 42.8 Å². The van der Waals surface area contributed by atoms with Crippen LogP contribution in [-0.2, 0) is 0 Å². The highest BCUT2D eigenvalue weighted by Gasteiger charge is 2.24. The largest absolute Gasteiger partial charge is 0.497 e. The number of nitrogens with one attached hydrogen (secondary N) is 1. The first-order valence-electron chi connectivity index (χ1n) is 11.1. The fraction of sp³-hybridized carbons (Fsp3) is 0.320. The smallest absolute Gasteiger partial charge is 0.257 e. The van der Waals surface area contributed by atoms with Gasteiger partial charge < -0.3 is 15.8 Å². The van der Waals surface area contributed by atoms with Crippen molar-refractivity contribution in [1.29, 1.82) is 0 Å². The normalized spacial score (nSPS) is 11.2. The summed E-state index contributed by atoms with van der Waals surface area (Å²) >= 11 is 0. The van der Waals surface area contributed by atoms with Gasteiger partial charge in [0, 0.05) is 12.2 Å². The summed E-state index contributed by atoms with van der Waals surface area (Å²) in [6.45, 7) is 2.80. The second-order valence-corrected chi connectivity index (χ2v) is 7.85. The highest BCUT2D eigenvalue weighted by Crippen LogP contribution is 2.31. The summed E-state index contributed by atoms with van der Waals surface area (Å²) in [4.78, 5) is 22.7. The topological polar surface area (TPSA) is 95.1 Å². The number of hydrogen-bond acceptors (Lipinski definition) is 5. The number of nitrogen functional groups attached to an aromatic ring is 1. The number of amides is 1. The Morgan fingerprint density at radius 1 is 1.00 bits per heavy atom. The quantitative estimate of drug-likeness (QED) is 0.369. The standard InChI is InChI=1S/C25H29N5O2/c1-3-4-5-6-9-16-27-25(31)21-22-24(29-20-11-8-7-10-19(20)28-22)30(23(21)26)17-12-14-18(32-2)15-13-17/h7-8,10-15H,3-6,9,16,26H2,1-2H3,(H,27,31). The van der Waals surface area contributed by atoms with Gasteiger partial charge in [0.05, 0.1) is 18.1 Å². The molecule has 2 heterocycles. The van der Waals surface area contributed by atoms with E-state index in [9.17, 15) is 4.79 Å². The molecule has 32 heavy (non-hydrogen) atoms. The molecule has 4 aromatic rings. The second kappa shape index (κ2) is 9.68. The third-order valence-corrected chi connectivity index (χ3v) is 5.62. The number of nitrogens with zero attached hydrogens (tertiary/aromatic N) is 3. The predicted molar refractivity (Wildman–Crippen MR) is 128 cm³/mol. The van der Waals surface area contributed by atoms with E-state index in [1.807, 2.05) is 48.5 Å². The lowest BCUT2D eigenvalue weighted by Crippen LogP contribution is -2.25. The number of aromatic nitrogens is 3. The van der Waals surface area contributed by atoms with Crippen LogP contribution in [0.15, 0.2) is 48.5 Å². The first-order chi connectivity index (χ1) is 15.6. The number of rotatable bonds is 9. The zero-order valence-electron chi connectivity index (χ0n) is 18.6. The molecule has 0 saturated heterocycles. The van der Waals surface area contributed by atoms with E-state index in [2.05, 4.69) is 12.2 Å². The summed E-state index contributed by atoms with van der Waals surface area (Å²) in [6, 6.07) is 15.1. The van der Waals surface area contributed by atoms with Gasteiger partial charge in [-0.25, -0.2) is 9.97 Å². The molecule has 4 rings (SSSR count). The Hall–Kier alpha value is -3.61. The van der Waals surface area contributed by atoms with Gasteiger partial charge in [-0.2, -0.15) is 0 Å². The molecule has 0 spiro atoms. The number of nitrogens with two attached hydrogens (primary N) is 1. The van der Waals surface area contributed by atoms with Gasteiger partial charge in [0.2, 0.25) is 0 Å². The Labute approximate surface area is 187 Å². The Balaban J connectivity index is 1.75. The monoisotopic (exact) mass is 431 g/mol. The molecule has 0 aliphatic carbocycles. The van der Waals surface area contributed by atoms with Crippen LogP contribution in [0.3, 0.4) is 0 Å². The lowest BCUT2D eigenvalue weighted by Gasteiger charge is -2.09. The van der Waals surface area contributed by atoms with Gasteiger partial charge >= 0.3 is 0 Å². The molecule has 0 radical (unpaired) electrons. The maximum Gasteiger partial charge on any atom is 0.257 e. The Morgan fingerprint density at radius 3 is 2.38 bits per heavy atom. The number of fused-ring (bicyclic) bond motifs is 2. The molecule has 7 heteroatoms. The van der Waals surface area contributed by atoms with Crippen LogP contribution in [0.1, 0.15) is 49.4 Å². The number of anilines is 1. The molecule has 0 unspecified atom stereocenters. The number of hydrogen-bond donors (Lipinski definition) is 2. The molecule has 0 aliphatic heterocycles. The number of unbranched alkanes of at least 4 members (excludes halogenated alkanes) is 4. The minimum Gasteiger partial charge on any atom is -0.497 e. The highest BCUT2D eigenvalue weighted by molar-refractivity contribution is 6.11. The SMILES string of the molecule is CCCCCCCNC(=O)c1c(N)n(-c2ccc(OC)cc2)c2nc3ccccc3nc12. The number of methoxy groups -OCH3 is 1. The molecule has 2 aromatic heterocycles. The molecule has 7 nitrogen and oxygen atoms in total. The first-order valence-corrected chi connectivity index (χ1v) is 11.1. The molecular formula is C25H29N5O2. The zero-order chi connectivity index (χ0) is 22.5. The summed E-state index contributed by atoms with van der Waals surface area (Å²) in [5.41, 5.74) is 10.2. The van der Waals surface area contributed by atoms with Crippen LogP contribution in [0.4, 0.5) is 5.82 Å². The van der Waals surface area contributed by atoms with E-state index in [4.69, 9.17) is 20.4 Å². The molecule has 166 valence electrons. The third-order valence-electron chi connectivity index (χ3n) is 5.62. The van der Waals surface area contributed by atoms with E-state index < -0.39 is 0 Å². The maximum absolute atomic E-state index is 13.2. The third kappa shape index (κ3) is 4.23. The van der Waals surface area contributed by atoms with Crippen LogP contribution in [0.5, 0.6) is 5.75 Å². The van der Waals surface area contributed by atoms with Crippen molar-refractivity contribution < 1.29 is 9.53 Å². The molecular weight excluding hydrogens is 402 g/mol. The van der Waals surface area contributed by atoms with Crippen molar-refractivity contribution in [2.75, 3.05) is 19.4 Å². The fourth-order valence-corrected chi connectivity index (χ4v) is 3.90. The minimum absolute atomic E-state index is 0.222. The molecule has 0 saturated carbocycles. The van der Waals surface area contributed by atoms with Gasteiger partial charge in [0.25, 0.3) is 5.91 Å². The zero-order valence-corrected chi connectivity index (χ0v) is 18.6. The lowest BCUT2D eigenvalue weighted by atomic mass is 10.1. The summed E-state index contributed by atoms with van der Waals surface area (Å²) in [5.74, 6) is 0.838. The van der Waals surface area contributed by atoms with Gasteiger partial charge in [-0.1, -0.05) is 44.7 Å². The summed E-state index contributed by atoms with van der Waals surface area (Å²) in [7, 11) is 1.62. The van der Waals surface area contributed by atoms with Crippen molar-refractivity contribution in [3.8, 4) is 11.4 Å². The fourth-order valence-electron chi connectivity index (χ4n) is 3.90. The van der Waals surface area contributed by atoms with Crippen molar-refractivity contribution >= 4 is 33.9 Å². The number of carbonyl (C=O) groups excluding carboxylic acids is 1. The first kappa shape index (κ1) is 21.6. The van der Waals surface area contributed by atoms with Gasteiger partial charge in [-0.3, -0.25) is 9.36 Å². The van der Waals surface area contributed by atoms with Crippen molar-refractivity contribution in [2.45, 2.75) is 39.0 Å². The van der Waals surface area contributed by atoms with Crippen molar-refractivity contribution in [3.63, 3.8) is 0 Å². The number of ether oxygens (including phenoxy) is 1. The molecule has 0 aliphatic rings. The number of para-hydroxylation sites is 2. The van der Waals surface area contributed by atoms with Crippen molar-refractivity contribution in [2.24, 2.45) is 0 Å². The summed E-state index contributed by atoms with van der Waals surface area (Å²) in [6.07, 6.45) is 5.64. The van der Waals surface area contributed by atoms with E-state index in [0.717, 1.165) is 35.3 Å². The van der Waals surface area contributed by atoms with Gasteiger partial charge in [-0.15, -0.1) is 0 Å². The van der Waals surface area contributed by atoms with E-state index in [0.29, 0.717) is 29.1 Å². The molecule has 0 fully saturated rings. The van der Waals surface area contributed by atoms with Crippen LogP contribution >= 0.6 is 0 Å². The molecule has 0 atom stereocenters. The molecule has 3 N–H and O–H groups in total. The van der Waals surface area contributed by atoms with Gasteiger partial charge in [0.1, 0.15) is 22.6 Å². The van der Waals surface area contributed by atoms with Crippen LogP contribution in [0.2, 0.25) is 0 Å². The predicted octanol–water partition coefficient (Wildman–Crippen LogP) is 4.86. The average molecular weight is 432 g/mol. The summed E-state index contributed by atoms with van der Waals surface area (Å²) in [5, 5.41) is 3.02. The highest BCUT2D eigenvalue weighted by atomic mass is 16.5.